The Hall–Kier alpha value is -1.58. The number of aromatic nitrogens is 1. The zero-order valence-electron chi connectivity index (χ0n) is 11.0. The number of anilines is 1. The van der Waals surface area contributed by atoms with E-state index in [1.165, 1.54) is 0 Å². The summed E-state index contributed by atoms with van der Waals surface area (Å²) in [5.74, 6) is 0.799. The maximum Gasteiger partial charge on any atom is 0.134 e. The lowest BCUT2D eigenvalue weighted by molar-refractivity contribution is 0.199. The predicted molar refractivity (Wildman–Crippen MR) is 78.4 cm³/mol. The fourth-order valence-electron chi connectivity index (χ4n) is 1.99. The van der Waals surface area contributed by atoms with E-state index < -0.39 is 6.10 Å². The molecule has 0 unspecified atom stereocenters. The number of halogens is 1. The molecule has 2 rings (SSSR count). The van der Waals surface area contributed by atoms with Crippen LogP contribution in [0.15, 0.2) is 42.6 Å². The second-order valence-electron chi connectivity index (χ2n) is 4.57. The van der Waals surface area contributed by atoms with Crippen LogP contribution in [-0.4, -0.2) is 17.1 Å². The number of hydrogen-bond donors (Lipinski definition) is 1. The first-order chi connectivity index (χ1) is 9.08. The van der Waals surface area contributed by atoms with Crippen molar-refractivity contribution in [2.75, 3.05) is 11.9 Å². The quantitative estimate of drug-likeness (QED) is 0.929. The first kappa shape index (κ1) is 13.8. The second-order valence-corrected chi connectivity index (χ2v) is 5.01. The molecule has 0 amide bonds. The third-order valence-electron chi connectivity index (χ3n) is 2.96. The Bertz CT molecular complexity index is 540. The van der Waals surface area contributed by atoms with Gasteiger partial charge in [0.2, 0.25) is 0 Å². The van der Waals surface area contributed by atoms with Crippen molar-refractivity contribution in [2.24, 2.45) is 0 Å². The zero-order valence-corrected chi connectivity index (χ0v) is 11.8. The van der Waals surface area contributed by atoms with Crippen molar-refractivity contribution in [3.05, 3.63) is 58.7 Å². The van der Waals surface area contributed by atoms with Crippen LogP contribution in [0, 0.1) is 0 Å². The molecule has 1 aromatic carbocycles. The Kier molecular flexibility index (Phi) is 4.40. The van der Waals surface area contributed by atoms with Crippen LogP contribution >= 0.6 is 11.6 Å². The fourth-order valence-corrected chi connectivity index (χ4v) is 2.12. The van der Waals surface area contributed by atoms with E-state index in [-0.39, 0.29) is 0 Å². The van der Waals surface area contributed by atoms with Gasteiger partial charge >= 0.3 is 0 Å². The summed E-state index contributed by atoms with van der Waals surface area (Å²) in [6.07, 6.45) is 1.20. The predicted octanol–water partition coefficient (Wildman–Crippen LogP) is 3.42. The van der Waals surface area contributed by atoms with E-state index in [1.54, 1.807) is 13.1 Å². The van der Waals surface area contributed by atoms with Crippen molar-refractivity contribution < 1.29 is 5.11 Å². The molecule has 100 valence electrons. The lowest BCUT2D eigenvalue weighted by Gasteiger charge is -2.22. The Morgan fingerprint density at radius 1 is 1.26 bits per heavy atom. The van der Waals surface area contributed by atoms with Gasteiger partial charge in [-0.1, -0.05) is 29.8 Å². The molecule has 0 saturated heterocycles. The standard InChI is InChI=1S/C15H17ClN2O/c1-11(19)14-4-3-9-17-15(14)18(2)10-12-5-7-13(16)8-6-12/h3-9,11,19H,10H2,1-2H3/t11-/m1/s1. The average molecular weight is 277 g/mol. The minimum atomic E-state index is -0.531. The molecular weight excluding hydrogens is 260 g/mol. The van der Waals surface area contributed by atoms with Crippen LogP contribution in [0.1, 0.15) is 24.2 Å². The molecule has 1 N–H and O–H groups in total. The van der Waals surface area contributed by atoms with Gasteiger partial charge in [0.25, 0.3) is 0 Å². The lowest BCUT2D eigenvalue weighted by Crippen LogP contribution is -2.19. The highest BCUT2D eigenvalue weighted by atomic mass is 35.5. The van der Waals surface area contributed by atoms with Crippen molar-refractivity contribution in [3.8, 4) is 0 Å². The number of hydrogen-bond acceptors (Lipinski definition) is 3. The van der Waals surface area contributed by atoms with Gasteiger partial charge in [-0.05, 0) is 30.7 Å². The van der Waals surface area contributed by atoms with Crippen molar-refractivity contribution in [3.63, 3.8) is 0 Å². The summed E-state index contributed by atoms with van der Waals surface area (Å²) in [7, 11) is 1.96. The van der Waals surface area contributed by atoms with Gasteiger partial charge in [-0.25, -0.2) is 4.98 Å². The molecule has 0 aliphatic heterocycles. The van der Waals surface area contributed by atoms with Crippen LogP contribution in [0.25, 0.3) is 0 Å². The molecule has 4 heteroatoms. The number of aliphatic hydroxyl groups is 1. The summed E-state index contributed by atoms with van der Waals surface area (Å²) in [5, 5.41) is 10.5. The maximum absolute atomic E-state index is 9.77. The SMILES string of the molecule is C[C@@H](O)c1cccnc1N(C)Cc1ccc(Cl)cc1. The highest BCUT2D eigenvalue weighted by Gasteiger charge is 2.12. The van der Waals surface area contributed by atoms with Gasteiger partial charge in [0.15, 0.2) is 0 Å². The lowest BCUT2D eigenvalue weighted by atomic mass is 10.1. The van der Waals surface area contributed by atoms with E-state index in [0.29, 0.717) is 6.54 Å². The summed E-state index contributed by atoms with van der Waals surface area (Å²) in [6, 6.07) is 11.5. The van der Waals surface area contributed by atoms with E-state index >= 15 is 0 Å². The van der Waals surface area contributed by atoms with Gasteiger partial charge in [0.1, 0.15) is 5.82 Å². The first-order valence-electron chi connectivity index (χ1n) is 6.16. The summed E-state index contributed by atoms with van der Waals surface area (Å²) in [5.41, 5.74) is 1.98. The van der Waals surface area contributed by atoms with E-state index in [2.05, 4.69) is 4.98 Å². The highest BCUT2D eigenvalue weighted by molar-refractivity contribution is 6.30. The monoisotopic (exact) mass is 276 g/mol. The molecule has 2 aromatic rings. The molecule has 3 nitrogen and oxygen atoms in total. The molecule has 1 atom stereocenters. The third kappa shape index (κ3) is 3.46. The van der Waals surface area contributed by atoms with Gasteiger partial charge in [0, 0.05) is 30.4 Å². The van der Waals surface area contributed by atoms with Crippen molar-refractivity contribution >= 4 is 17.4 Å². The highest BCUT2D eigenvalue weighted by Crippen LogP contribution is 2.24. The van der Waals surface area contributed by atoms with Gasteiger partial charge < -0.3 is 10.0 Å². The molecule has 1 heterocycles. The van der Waals surface area contributed by atoms with Crippen LogP contribution in [0.3, 0.4) is 0 Å². The Balaban J connectivity index is 2.20. The van der Waals surface area contributed by atoms with Crippen molar-refractivity contribution in [2.45, 2.75) is 19.6 Å². The van der Waals surface area contributed by atoms with Crippen LogP contribution < -0.4 is 4.90 Å². The molecule has 0 radical (unpaired) electrons. The smallest absolute Gasteiger partial charge is 0.134 e. The van der Waals surface area contributed by atoms with Crippen molar-refractivity contribution in [1.29, 1.82) is 0 Å². The van der Waals surface area contributed by atoms with Gasteiger partial charge in [0.05, 0.1) is 6.10 Å². The fraction of sp³-hybridized carbons (Fsp3) is 0.267. The largest absolute Gasteiger partial charge is 0.389 e. The summed E-state index contributed by atoms with van der Waals surface area (Å²) in [4.78, 5) is 6.37. The van der Waals surface area contributed by atoms with Gasteiger partial charge in [-0.15, -0.1) is 0 Å². The number of rotatable bonds is 4. The Morgan fingerprint density at radius 3 is 2.58 bits per heavy atom. The van der Waals surface area contributed by atoms with E-state index in [9.17, 15) is 5.11 Å². The minimum absolute atomic E-state index is 0.531. The van der Waals surface area contributed by atoms with Crippen LogP contribution in [0.2, 0.25) is 5.02 Å². The molecule has 19 heavy (non-hydrogen) atoms. The molecule has 0 aliphatic rings. The number of benzene rings is 1. The topological polar surface area (TPSA) is 36.4 Å². The normalized spacial score (nSPS) is 12.2. The van der Waals surface area contributed by atoms with Crippen molar-refractivity contribution in [1.82, 2.24) is 4.98 Å². The molecule has 0 aliphatic carbocycles. The Morgan fingerprint density at radius 2 is 1.95 bits per heavy atom. The molecule has 0 fully saturated rings. The van der Waals surface area contributed by atoms with E-state index in [4.69, 9.17) is 11.6 Å². The van der Waals surface area contributed by atoms with Gasteiger partial charge in [-0.3, -0.25) is 0 Å². The molecule has 0 bridgehead atoms. The first-order valence-corrected chi connectivity index (χ1v) is 6.54. The summed E-state index contributed by atoms with van der Waals surface area (Å²) < 4.78 is 0. The number of aliphatic hydroxyl groups excluding tert-OH is 1. The van der Waals surface area contributed by atoms with Crippen LogP contribution in [0.4, 0.5) is 5.82 Å². The van der Waals surface area contributed by atoms with Gasteiger partial charge in [-0.2, -0.15) is 0 Å². The van der Waals surface area contributed by atoms with Crippen LogP contribution in [-0.2, 0) is 6.54 Å². The van der Waals surface area contributed by atoms with Crippen LogP contribution in [0.5, 0.6) is 0 Å². The second kappa shape index (κ2) is 6.04. The molecule has 0 spiro atoms. The minimum Gasteiger partial charge on any atom is -0.389 e. The zero-order chi connectivity index (χ0) is 13.8. The molecule has 1 aromatic heterocycles. The summed E-state index contributed by atoms with van der Waals surface area (Å²) in [6.45, 7) is 2.46. The van der Waals surface area contributed by atoms with E-state index in [1.807, 2.05) is 48.3 Å². The number of pyridine rings is 1. The Labute approximate surface area is 118 Å². The number of nitrogens with zero attached hydrogens (tertiary/aromatic N) is 2. The molecular formula is C15H17ClN2O. The summed E-state index contributed by atoms with van der Waals surface area (Å²) >= 11 is 5.87. The molecule has 0 saturated carbocycles. The van der Waals surface area contributed by atoms with E-state index in [0.717, 1.165) is 22.0 Å². The third-order valence-corrected chi connectivity index (χ3v) is 3.21. The average Bonchev–Trinajstić information content (AvgIpc) is 2.41. The maximum atomic E-state index is 9.77.